The minimum absolute atomic E-state index is 0.0177. The first-order valence-electron chi connectivity index (χ1n) is 7.43. The van der Waals surface area contributed by atoms with E-state index in [4.69, 9.17) is 10.2 Å². The lowest BCUT2D eigenvalue weighted by Gasteiger charge is -2.23. The molecule has 1 amide bonds. The summed E-state index contributed by atoms with van der Waals surface area (Å²) >= 11 is 0. The van der Waals surface area contributed by atoms with Gasteiger partial charge in [-0.15, -0.1) is 0 Å². The first-order valence-corrected chi connectivity index (χ1v) is 7.43. The molecule has 21 heavy (non-hydrogen) atoms. The van der Waals surface area contributed by atoms with E-state index in [-0.39, 0.29) is 11.9 Å². The minimum Gasteiger partial charge on any atom is -0.469 e. The molecule has 2 N–H and O–H groups in total. The number of furan rings is 1. The number of carbonyl (C=O) groups excluding carboxylic acids is 1. The Kier molecular flexibility index (Phi) is 4.06. The third kappa shape index (κ3) is 3.00. The smallest absolute Gasteiger partial charge is 0.227 e. The first kappa shape index (κ1) is 13.9. The maximum atomic E-state index is 12.6. The molecule has 4 heteroatoms. The van der Waals surface area contributed by atoms with Gasteiger partial charge in [0, 0.05) is 31.1 Å². The summed E-state index contributed by atoms with van der Waals surface area (Å²) in [5.74, 6) is 0.983. The van der Waals surface area contributed by atoms with Crippen LogP contribution in [0, 0.1) is 0 Å². The Morgan fingerprint density at radius 1 is 1.29 bits per heavy atom. The van der Waals surface area contributed by atoms with Gasteiger partial charge < -0.3 is 15.1 Å². The van der Waals surface area contributed by atoms with Crippen LogP contribution >= 0.6 is 0 Å². The van der Waals surface area contributed by atoms with Crippen LogP contribution in [0.25, 0.3) is 0 Å². The van der Waals surface area contributed by atoms with E-state index in [2.05, 4.69) is 0 Å². The van der Waals surface area contributed by atoms with E-state index in [1.807, 2.05) is 41.3 Å². The third-order valence-electron chi connectivity index (χ3n) is 3.99. The SMILES string of the molecule is NC1CCCN(C(=O)CCc2ccco2)c2ccccc21. The van der Waals surface area contributed by atoms with Crippen LogP contribution in [0.2, 0.25) is 0 Å². The number of benzene rings is 1. The molecule has 0 aliphatic carbocycles. The zero-order valence-corrected chi connectivity index (χ0v) is 12.0. The van der Waals surface area contributed by atoms with Crippen molar-refractivity contribution in [2.45, 2.75) is 31.7 Å². The zero-order chi connectivity index (χ0) is 14.7. The number of fused-ring (bicyclic) bond motifs is 1. The minimum atomic E-state index is 0.0177. The molecular weight excluding hydrogens is 264 g/mol. The Morgan fingerprint density at radius 2 is 2.14 bits per heavy atom. The number of hydrogen-bond donors (Lipinski definition) is 1. The van der Waals surface area contributed by atoms with Crippen molar-refractivity contribution in [1.82, 2.24) is 0 Å². The molecule has 0 spiro atoms. The molecule has 3 rings (SSSR count). The van der Waals surface area contributed by atoms with Crippen LogP contribution in [-0.4, -0.2) is 12.5 Å². The topological polar surface area (TPSA) is 59.5 Å². The van der Waals surface area contributed by atoms with Gasteiger partial charge in [-0.2, -0.15) is 0 Å². The summed E-state index contributed by atoms with van der Waals surface area (Å²) < 4.78 is 5.29. The predicted molar refractivity (Wildman–Crippen MR) is 82.0 cm³/mol. The fourth-order valence-electron chi connectivity index (χ4n) is 2.87. The van der Waals surface area contributed by atoms with Crippen LogP contribution < -0.4 is 10.6 Å². The highest BCUT2D eigenvalue weighted by Gasteiger charge is 2.24. The normalized spacial score (nSPS) is 18.1. The number of nitrogens with zero attached hydrogens (tertiary/aromatic N) is 1. The number of aryl methyl sites for hydroxylation is 1. The molecule has 0 saturated heterocycles. The quantitative estimate of drug-likeness (QED) is 0.942. The van der Waals surface area contributed by atoms with Gasteiger partial charge in [-0.1, -0.05) is 18.2 Å². The van der Waals surface area contributed by atoms with Crippen molar-refractivity contribution in [1.29, 1.82) is 0 Å². The Hall–Kier alpha value is -2.07. The highest BCUT2D eigenvalue weighted by Crippen LogP contribution is 2.31. The summed E-state index contributed by atoms with van der Waals surface area (Å²) in [6, 6.07) is 11.7. The summed E-state index contributed by atoms with van der Waals surface area (Å²) in [5, 5.41) is 0. The van der Waals surface area contributed by atoms with Crippen LogP contribution in [-0.2, 0) is 11.2 Å². The summed E-state index contributed by atoms with van der Waals surface area (Å²) in [5.41, 5.74) is 8.24. The van der Waals surface area contributed by atoms with Crippen molar-refractivity contribution in [3.63, 3.8) is 0 Å². The molecule has 0 fully saturated rings. The van der Waals surface area contributed by atoms with Gasteiger partial charge in [0.1, 0.15) is 5.76 Å². The highest BCUT2D eigenvalue weighted by molar-refractivity contribution is 5.94. The first-order chi connectivity index (χ1) is 10.3. The Morgan fingerprint density at radius 3 is 2.95 bits per heavy atom. The lowest BCUT2D eigenvalue weighted by molar-refractivity contribution is -0.118. The number of rotatable bonds is 3. The van der Waals surface area contributed by atoms with Crippen LogP contribution in [0.4, 0.5) is 5.69 Å². The van der Waals surface area contributed by atoms with Gasteiger partial charge in [-0.3, -0.25) is 4.79 Å². The molecule has 4 nitrogen and oxygen atoms in total. The number of nitrogens with two attached hydrogens (primary N) is 1. The molecule has 2 aromatic rings. The van der Waals surface area contributed by atoms with Gasteiger partial charge in [0.05, 0.1) is 6.26 Å². The van der Waals surface area contributed by atoms with Gasteiger partial charge >= 0.3 is 0 Å². The van der Waals surface area contributed by atoms with E-state index in [1.54, 1.807) is 6.26 Å². The molecule has 1 atom stereocenters. The van der Waals surface area contributed by atoms with Gasteiger partial charge in [0.2, 0.25) is 5.91 Å². The number of para-hydroxylation sites is 1. The zero-order valence-electron chi connectivity index (χ0n) is 12.0. The lowest BCUT2D eigenvalue weighted by Crippen LogP contribution is -2.31. The van der Waals surface area contributed by atoms with Crippen molar-refractivity contribution in [3.8, 4) is 0 Å². The van der Waals surface area contributed by atoms with Crippen molar-refractivity contribution in [3.05, 3.63) is 54.0 Å². The second-order valence-electron chi connectivity index (χ2n) is 5.43. The highest BCUT2D eigenvalue weighted by atomic mass is 16.3. The molecule has 1 unspecified atom stereocenters. The number of carbonyl (C=O) groups is 1. The van der Waals surface area contributed by atoms with E-state index in [1.165, 1.54) is 0 Å². The fourth-order valence-corrected chi connectivity index (χ4v) is 2.87. The summed E-state index contributed by atoms with van der Waals surface area (Å²) in [6.07, 6.45) is 4.58. The van der Waals surface area contributed by atoms with Crippen LogP contribution in [0.15, 0.2) is 47.1 Å². The molecule has 2 heterocycles. The summed E-state index contributed by atoms with van der Waals surface area (Å²) in [7, 11) is 0. The Balaban J connectivity index is 1.77. The average molecular weight is 284 g/mol. The standard InChI is InChI=1S/C17H20N2O2/c18-15-7-3-11-19(16-8-2-1-6-14(15)16)17(20)10-9-13-5-4-12-21-13/h1-2,4-6,8,12,15H,3,7,9-11,18H2. The largest absolute Gasteiger partial charge is 0.469 e. The summed E-state index contributed by atoms with van der Waals surface area (Å²) in [4.78, 5) is 14.4. The van der Waals surface area contributed by atoms with E-state index in [9.17, 15) is 4.79 Å². The molecule has 1 aromatic heterocycles. The molecule has 1 aromatic carbocycles. The van der Waals surface area contributed by atoms with Crippen molar-refractivity contribution in [2.75, 3.05) is 11.4 Å². The van der Waals surface area contributed by atoms with E-state index in [0.29, 0.717) is 12.8 Å². The Labute approximate surface area is 124 Å². The van der Waals surface area contributed by atoms with Crippen LogP contribution in [0.5, 0.6) is 0 Å². The van der Waals surface area contributed by atoms with E-state index < -0.39 is 0 Å². The van der Waals surface area contributed by atoms with Gasteiger partial charge in [-0.25, -0.2) is 0 Å². The molecule has 0 bridgehead atoms. The molecule has 1 aliphatic heterocycles. The predicted octanol–water partition coefficient (Wildman–Crippen LogP) is 3.04. The fraction of sp³-hybridized carbons (Fsp3) is 0.353. The van der Waals surface area contributed by atoms with E-state index >= 15 is 0 Å². The van der Waals surface area contributed by atoms with E-state index in [0.717, 1.165) is 36.4 Å². The van der Waals surface area contributed by atoms with Crippen molar-refractivity contribution in [2.24, 2.45) is 5.73 Å². The molecule has 1 aliphatic rings. The molecule has 0 radical (unpaired) electrons. The maximum Gasteiger partial charge on any atom is 0.227 e. The Bertz CT molecular complexity index is 607. The maximum absolute atomic E-state index is 12.6. The molecule has 110 valence electrons. The second-order valence-corrected chi connectivity index (χ2v) is 5.43. The summed E-state index contributed by atoms with van der Waals surface area (Å²) in [6.45, 7) is 0.738. The molecule has 0 saturated carbocycles. The molecular formula is C17H20N2O2. The monoisotopic (exact) mass is 284 g/mol. The second kappa shape index (κ2) is 6.14. The van der Waals surface area contributed by atoms with Gasteiger partial charge in [0.15, 0.2) is 0 Å². The number of anilines is 1. The van der Waals surface area contributed by atoms with Gasteiger partial charge in [-0.05, 0) is 36.6 Å². The van der Waals surface area contributed by atoms with Crippen LogP contribution in [0.1, 0.15) is 36.6 Å². The van der Waals surface area contributed by atoms with Crippen molar-refractivity contribution < 1.29 is 9.21 Å². The lowest BCUT2D eigenvalue weighted by atomic mass is 10.0. The third-order valence-corrected chi connectivity index (χ3v) is 3.99. The average Bonchev–Trinajstić information content (AvgIpc) is 2.96. The van der Waals surface area contributed by atoms with Crippen molar-refractivity contribution >= 4 is 11.6 Å². The number of hydrogen-bond acceptors (Lipinski definition) is 3. The number of amides is 1. The van der Waals surface area contributed by atoms with Crippen LogP contribution in [0.3, 0.4) is 0 Å². The van der Waals surface area contributed by atoms with Gasteiger partial charge in [0.25, 0.3) is 0 Å².